The first kappa shape index (κ1) is 20.3. The van der Waals surface area contributed by atoms with E-state index in [0.717, 1.165) is 22.9 Å². The van der Waals surface area contributed by atoms with Crippen LogP contribution in [0.25, 0.3) is 0 Å². The van der Waals surface area contributed by atoms with Crippen LogP contribution in [0.3, 0.4) is 0 Å². The molecular weight excluding hydrogens is 361 g/mol. The SMILES string of the molecule is Cc1cccc(C=NC(C)(C)C)c1Pc1cccc(Cc2ccccc2)c1O. The molecule has 0 amide bonds. The number of phenolic OH excluding ortho intramolecular Hbond substituents is 1. The monoisotopic (exact) mass is 389 g/mol. The van der Waals surface area contributed by atoms with Gasteiger partial charge in [0.25, 0.3) is 0 Å². The molecule has 1 atom stereocenters. The molecule has 0 heterocycles. The van der Waals surface area contributed by atoms with Crippen LogP contribution in [0, 0.1) is 6.92 Å². The van der Waals surface area contributed by atoms with Crippen LogP contribution in [-0.4, -0.2) is 16.9 Å². The first-order valence-electron chi connectivity index (χ1n) is 9.60. The van der Waals surface area contributed by atoms with Crippen LogP contribution in [0.2, 0.25) is 0 Å². The van der Waals surface area contributed by atoms with E-state index in [1.165, 1.54) is 16.4 Å². The number of benzene rings is 3. The first-order valence-corrected chi connectivity index (χ1v) is 10.6. The zero-order valence-corrected chi connectivity index (χ0v) is 18.0. The van der Waals surface area contributed by atoms with Gasteiger partial charge in [-0.15, -0.1) is 0 Å². The molecule has 2 nitrogen and oxygen atoms in total. The van der Waals surface area contributed by atoms with Gasteiger partial charge in [-0.25, -0.2) is 0 Å². The van der Waals surface area contributed by atoms with E-state index in [-0.39, 0.29) is 5.54 Å². The molecule has 0 aromatic heterocycles. The Morgan fingerprint density at radius 3 is 2.36 bits per heavy atom. The van der Waals surface area contributed by atoms with Crippen molar-refractivity contribution >= 4 is 25.4 Å². The minimum atomic E-state index is -0.109. The van der Waals surface area contributed by atoms with Gasteiger partial charge in [-0.05, 0) is 49.7 Å². The summed E-state index contributed by atoms with van der Waals surface area (Å²) >= 11 is 0. The standard InChI is InChI=1S/C25H28NOP/c1-18-10-8-14-21(17-26-25(2,3)4)24(18)28-22-15-9-13-20(23(22)27)16-19-11-6-5-7-12-19/h5-15,17,27-28H,16H2,1-4H3. The molecule has 0 radical (unpaired) electrons. The zero-order chi connectivity index (χ0) is 20.1. The van der Waals surface area contributed by atoms with Crippen molar-refractivity contribution in [3.8, 4) is 5.75 Å². The second-order valence-electron chi connectivity index (χ2n) is 8.07. The lowest BCUT2D eigenvalue weighted by molar-refractivity contribution is 0.474. The van der Waals surface area contributed by atoms with E-state index >= 15 is 0 Å². The molecule has 1 N–H and O–H groups in total. The number of nitrogens with zero attached hydrogens (tertiary/aromatic N) is 1. The van der Waals surface area contributed by atoms with Gasteiger partial charge in [0.2, 0.25) is 0 Å². The maximum absolute atomic E-state index is 10.9. The highest BCUT2D eigenvalue weighted by Gasteiger charge is 2.13. The van der Waals surface area contributed by atoms with Crippen molar-refractivity contribution in [1.82, 2.24) is 0 Å². The van der Waals surface area contributed by atoms with Crippen molar-refractivity contribution in [1.29, 1.82) is 0 Å². The zero-order valence-electron chi connectivity index (χ0n) is 17.0. The Hall–Kier alpha value is -2.44. The Morgan fingerprint density at radius 2 is 1.64 bits per heavy atom. The third-order valence-corrected chi connectivity index (χ3v) is 6.12. The summed E-state index contributed by atoms with van der Waals surface area (Å²) in [4.78, 5) is 4.68. The molecule has 0 spiro atoms. The second-order valence-corrected chi connectivity index (χ2v) is 9.36. The fourth-order valence-corrected chi connectivity index (χ4v) is 4.32. The summed E-state index contributed by atoms with van der Waals surface area (Å²) in [5.74, 6) is 0.409. The Morgan fingerprint density at radius 1 is 0.929 bits per heavy atom. The van der Waals surface area contributed by atoms with Crippen molar-refractivity contribution in [2.24, 2.45) is 4.99 Å². The summed E-state index contributed by atoms with van der Waals surface area (Å²) in [6.45, 7) is 8.42. The van der Waals surface area contributed by atoms with E-state index in [1.807, 2.05) is 42.6 Å². The summed E-state index contributed by atoms with van der Waals surface area (Å²) in [6.07, 6.45) is 2.71. The molecule has 0 bridgehead atoms. The largest absolute Gasteiger partial charge is 0.507 e. The average molecular weight is 389 g/mol. The van der Waals surface area contributed by atoms with Crippen LogP contribution in [0.1, 0.15) is 43.0 Å². The number of aliphatic imine (C=N–C) groups is 1. The molecule has 144 valence electrons. The number of hydrogen-bond donors (Lipinski definition) is 1. The van der Waals surface area contributed by atoms with Crippen molar-refractivity contribution in [3.05, 3.63) is 89.0 Å². The smallest absolute Gasteiger partial charge is 0.126 e. The Labute approximate surface area is 170 Å². The molecule has 0 saturated carbocycles. The fraction of sp³-hybridized carbons (Fsp3) is 0.240. The Kier molecular flexibility index (Phi) is 6.31. The molecule has 28 heavy (non-hydrogen) atoms. The van der Waals surface area contributed by atoms with Gasteiger partial charge < -0.3 is 5.11 Å². The van der Waals surface area contributed by atoms with Gasteiger partial charge in [-0.3, -0.25) is 4.99 Å². The number of rotatable bonds is 5. The fourth-order valence-electron chi connectivity index (χ4n) is 3.02. The summed E-state index contributed by atoms with van der Waals surface area (Å²) in [5.41, 5.74) is 4.41. The first-order chi connectivity index (χ1) is 13.3. The van der Waals surface area contributed by atoms with Crippen LogP contribution < -0.4 is 10.6 Å². The highest BCUT2D eigenvalue weighted by Crippen LogP contribution is 2.26. The van der Waals surface area contributed by atoms with Crippen LogP contribution in [0.15, 0.2) is 71.7 Å². The van der Waals surface area contributed by atoms with Crippen molar-refractivity contribution in [3.63, 3.8) is 0 Å². The topological polar surface area (TPSA) is 32.6 Å². The van der Waals surface area contributed by atoms with Crippen LogP contribution in [-0.2, 0) is 6.42 Å². The van der Waals surface area contributed by atoms with Gasteiger partial charge in [0.1, 0.15) is 5.75 Å². The third-order valence-electron chi connectivity index (χ3n) is 4.51. The quantitative estimate of drug-likeness (QED) is 0.476. The maximum atomic E-state index is 10.9. The van der Waals surface area contributed by atoms with Crippen LogP contribution >= 0.6 is 8.58 Å². The molecule has 0 saturated heterocycles. The minimum absolute atomic E-state index is 0.109. The molecule has 0 aliphatic heterocycles. The van der Waals surface area contributed by atoms with Gasteiger partial charge >= 0.3 is 0 Å². The summed E-state index contributed by atoms with van der Waals surface area (Å²) in [5, 5.41) is 13.1. The highest BCUT2D eigenvalue weighted by molar-refractivity contribution is 7.56. The van der Waals surface area contributed by atoms with Gasteiger partial charge in [0.15, 0.2) is 0 Å². The lowest BCUT2D eigenvalue weighted by Crippen LogP contribution is -2.15. The molecule has 0 fully saturated rings. The van der Waals surface area contributed by atoms with E-state index < -0.39 is 0 Å². The van der Waals surface area contributed by atoms with Crippen molar-refractivity contribution in [2.75, 3.05) is 0 Å². The molecule has 0 aliphatic carbocycles. The summed E-state index contributed by atoms with van der Waals surface area (Å²) in [7, 11) is 0.382. The van der Waals surface area contributed by atoms with E-state index in [9.17, 15) is 5.11 Å². The predicted molar refractivity (Wildman–Crippen MR) is 123 cm³/mol. The van der Waals surface area contributed by atoms with Crippen LogP contribution in [0.4, 0.5) is 0 Å². The number of phenols is 1. The lowest BCUT2D eigenvalue weighted by atomic mass is 10.0. The van der Waals surface area contributed by atoms with Gasteiger partial charge in [0.05, 0.1) is 5.54 Å². The molecule has 1 unspecified atom stereocenters. The minimum Gasteiger partial charge on any atom is -0.507 e. The molecular formula is C25H28NOP. The molecule has 3 aromatic carbocycles. The molecule has 3 rings (SSSR count). The van der Waals surface area contributed by atoms with Crippen molar-refractivity contribution < 1.29 is 5.11 Å². The Bertz CT molecular complexity index is 972. The molecule has 3 heteroatoms. The number of para-hydroxylation sites is 1. The van der Waals surface area contributed by atoms with E-state index in [0.29, 0.717) is 14.3 Å². The number of hydrogen-bond acceptors (Lipinski definition) is 2. The second kappa shape index (κ2) is 8.71. The Balaban J connectivity index is 1.92. The maximum Gasteiger partial charge on any atom is 0.126 e. The summed E-state index contributed by atoms with van der Waals surface area (Å²) in [6, 6.07) is 22.7. The van der Waals surface area contributed by atoms with Crippen molar-refractivity contribution in [2.45, 2.75) is 39.7 Å². The molecule has 0 aliphatic rings. The van der Waals surface area contributed by atoms with Crippen LogP contribution in [0.5, 0.6) is 5.75 Å². The van der Waals surface area contributed by atoms with E-state index in [1.54, 1.807) is 0 Å². The molecule has 3 aromatic rings. The highest BCUT2D eigenvalue weighted by atomic mass is 31.1. The van der Waals surface area contributed by atoms with E-state index in [4.69, 9.17) is 0 Å². The van der Waals surface area contributed by atoms with Gasteiger partial charge in [-0.2, -0.15) is 0 Å². The van der Waals surface area contributed by atoms with E-state index in [2.05, 4.69) is 63.0 Å². The number of aryl methyl sites for hydroxylation is 1. The normalized spacial score (nSPS) is 12.3. The van der Waals surface area contributed by atoms with Gasteiger partial charge in [-0.1, -0.05) is 75.3 Å². The average Bonchev–Trinajstić information content (AvgIpc) is 2.65. The summed E-state index contributed by atoms with van der Waals surface area (Å²) < 4.78 is 0. The predicted octanol–water partition coefficient (Wildman–Crippen LogP) is 5.14. The lowest BCUT2D eigenvalue weighted by Gasteiger charge is -2.15. The third kappa shape index (κ3) is 5.30. The number of aromatic hydroxyl groups is 1. The van der Waals surface area contributed by atoms with Gasteiger partial charge in [0, 0.05) is 23.5 Å².